The van der Waals surface area contributed by atoms with Crippen molar-refractivity contribution in [3.63, 3.8) is 0 Å². The zero-order chi connectivity index (χ0) is 17.6. The first-order valence-corrected chi connectivity index (χ1v) is 8.91. The number of amides is 1. The lowest BCUT2D eigenvalue weighted by atomic mass is 10.3. The highest BCUT2D eigenvalue weighted by atomic mass is 32.2. The van der Waals surface area contributed by atoms with Crippen molar-refractivity contribution in [2.75, 3.05) is 38.8 Å². The molecule has 7 nitrogen and oxygen atoms in total. The van der Waals surface area contributed by atoms with Gasteiger partial charge in [0, 0.05) is 18.7 Å². The van der Waals surface area contributed by atoms with Gasteiger partial charge in [0.25, 0.3) is 0 Å². The molecule has 0 bridgehead atoms. The second-order valence-corrected chi connectivity index (χ2v) is 7.14. The Bertz CT molecular complexity index is 703. The van der Waals surface area contributed by atoms with Crippen LogP contribution in [0.4, 0.5) is 4.39 Å². The highest BCUT2D eigenvalue weighted by Gasteiger charge is 2.25. The van der Waals surface area contributed by atoms with E-state index in [0.717, 1.165) is 0 Å². The number of hydrogen-bond donors (Lipinski definition) is 1. The smallest absolute Gasteiger partial charge is 0.249 e. The number of morpholine rings is 1. The zero-order valence-electron chi connectivity index (χ0n) is 13.0. The summed E-state index contributed by atoms with van der Waals surface area (Å²) in [7, 11) is -3.65. The zero-order valence-corrected chi connectivity index (χ0v) is 13.8. The van der Waals surface area contributed by atoms with E-state index in [2.05, 4.69) is 0 Å². The van der Waals surface area contributed by atoms with Crippen molar-refractivity contribution in [2.24, 2.45) is 5.73 Å². The summed E-state index contributed by atoms with van der Waals surface area (Å²) in [6, 6.07) is 5.72. The molecule has 24 heavy (non-hydrogen) atoms. The summed E-state index contributed by atoms with van der Waals surface area (Å²) in [5.74, 6) is -0.349. The molecule has 0 radical (unpaired) electrons. The summed E-state index contributed by atoms with van der Waals surface area (Å²) in [5, 5.41) is 0. The van der Waals surface area contributed by atoms with Crippen LogP contribution in [-0.2, 0) is 19.4 Å². The van der Waals surface area contributed by atoms with Crippen LogP contribution >= 0.6 is 0 Å². The predicted molar refractivity (Wildman–Crippen MR) is 84.8 cm³/mol. The Labute approximate surface area is 139 Å². The molecule has 0 unspecified atom stereocenters. The van der Waals surface area contributed by atoms with E-state index in [-0.39, 0.29) is 42.7 Å². The van der Waals surface area contributed by atoms with Crippen LogP contribution in [0.3, 0.4) is 0 Å². The van der Waals surface area contributed by atoms with E-state index in [4.69, 9.17) is 15.2 Å². The van der Waals surface area contributed by atoms with E-state index in [1.165, 1.54) is 29.2 Å². The largest absolute Gasteiger partial charge is 0.489 e. The van der Waals surface area contributed by atoms with E-state index < -0.39 is 15.7 Å². The van der Waals surface area contributed by atoms with Crippen molar-refractivity contribution in [1.82, 2.24) is 4.90 Å². The van der Waals surface area contributed by atoms with E-state index >= 15 is 0 Å². The van der Waals surface area contributed by atoms with Gasteiger partial charge < -0.3 is 20.1 Å². The first-order valence-electron chi connectivity index (χ1n) is 7.25. The number of nitrogens with zero attached hydrogens (tertiary/aromatic N) is 1. The highest BCUT2D eigenvalue weighted by molar-refractivity contribution is 7.91. The SMILES string of the molecule is NC/C(=C\F)COc1ccc(S(=O)(=O)CN2CCOCC2=O)cc1. The molecule has 1 aromatic carbocycles. The number of rotatable bonds is 7. The fourth-order valence-corrected chi connectivity index (χ4v) is 3.40. The number of hydrogen-bond acceptors (Lipinski definition) is 6. The van der Waals surface area contributed by atoms with Gasteiger partial charge in [0.2, 0.25) is 5.91 Å². The lowest BCUT2D eigenvalue weighted by Gasteiger charge is -2.26. The third-order valence-electron chi connectivity index (χ3n) is 3.43. The van der Waals surface area contributed by atoms with Crippen LogP contribution in [0.2, 0.25) is 0 Å². The molecule has 2 rings (SSSR count). The summed E-state index contributed by atoms with van der Waals surface area (Å²) in [4.78, 5) is 13.0. The molecule has 0 aromatic heterocycles. The molecule has 1 amide bonds. The maximum absolute atomic E-state index is 12.4. The van der Waals surface area contributed by atoms with E-state index in [1.54, 1.807) is 0 Å². The van der Waals surface area contributed by atoms with Crippen molar-refractivity contribution in [1.29, 1.82) is 0 Å². The summed E-state index contributed by atoms with van der Waals surface area (Å²) >= 11 is 0. The van der Waals surface area contributed by atoms with Gasteiger partial charge in [-0.3, -0.25) is 4.79 Å². The van der Waals surface area contributed by atoms with Gasteiger partial charge in [-0.15, -0.1) is 0 Å². The molecule has 9 heteroatoms. The standard InChI is InChI=1S/C15H19FN2O5S/c16-7-12(8-17)9-23-13-1-3-14(4-2-13)24(20,21)11-18-5-6-22-10-15(18)19/h1-4,7H,5-6,8-11,17H2/b12-7+. The fourth-order valence-electron chi connectivity index (χ4n) is 2.02. The molecule has 0 spiro atoms. The minimum Gasteiger partial charge on any atom is -0.489 e. The average molecular weight is 358 g/mol. The van der Waals surface area contributed by atoms with Crippen LogP contribution in [0.1, 0.15) is 0 Å². The van der Waals surface area contributed by atoms with Gasteiger partial charge in [0.1, 0.15) is 24.8 Å². The van der Waals surface area contributed by atoms with Gasteiger partial charge >= 0.3 is 0 Å². The molecular weight excluding hydrogens is 339 g/mol. The van der Waals surface area contributed by atoms with Gasteiger partial charge in [-0.05, 0) is 24.3 Å². The Balaban J connectivity index is 2.02. The van der Waals surface area contributed by atoms with Gasteiger partial charge in [0.15, 0.2) is 9.84 Å². The minimum atomic E-state index is -3.65. The van der Waals surface area contributed by atoms with Crippen LogP contribution in [0.5, 0.6) is 5.75 Å². The molecule has 1 saturated heterocycles. The molecular formula is C15H19FN2O5S. The van der Waals surface area contributed by atoms with Crippen molar-refractivity contribution < 1.29 is 27.1 Å². The lowest BCUT2D eigenvalue weighted by molar-refractivity contribution is -0.141. The Morgan fingerprint density at radius 1 is 1.38 bits per heavy atom. The molecule has 1 fully saturated rings. The predicted octanol–water partition coefficient (Wildman–Crippen LogP) is 0.468. The molecule has 2 N–H and O–H groups in total. The summed E-state index contributed by atoms with van der Waals surface area (Å²) in [5.41, 5.74) is 5.61. The van der Waals surface area contributed by atoms with Crippen LogP contribution in [-0.4, -0.2) is 58.0 Å². The minimum absolute atomic E-state index is 0.0125. The van der Waals surface area contributed by atoms with E-state index in [9.17, 15) is 17.6 Å². The maximum Gasteiger partial charge on any atom is 0.249 e. The number of nitrogens with two attached hydrogens (primary N) is 1. The molecule has 1 aliphatic heterocycles. The summed E-state index contributed by atoms with van der Waals surface area (Å²) < 4.78 is 47.4. The van der Waals surface area contributed by atoms with Gasteiger partial charge in [0.05, 0.1) is 17.8 Å². The highest BCUT2D eigenvalue weighted by Crippen LogP contribution is 2.19. The number of carbonyl (C=O) groups is 1. The Morgan fingerprint density at radius 2 is 2.08 bits per heavy atom. The quantitative estimate of drug-likeness (QED) is 0.761. The monoisotopic (exact) mass is 358 g/mol. The number of carbonyl (C=O) groups excluding carboxylic acids is 1. The van der Waals surface area contributed by atoms with E-state index in [1.807, 2.05) is 0 Å². The molecule has 132 valence electrons. The number of halogens is 1. The second kappa shape index (κ2) is 8.22. The van der Waals surface area contributed by atoms with Crippen LogP contribution in [0.25, 0.3) is 0 Å². The molecule has 1 heterocycles. The number of benzene rings is 1. The molecule has 0 atom stereocenters. The fraction of sp³-hybridized carbons (Fsp3) is 0.400. The molecule has 1 aromatic rings. The number of ether oxygens (including phenoxy) is 2. The Morgan fingerprint density at radius 3 is 2.67 bits per heavy atom. The third-order valence-corrected chi connectivity index (χ3v) is 5.08. The first-order chi connectivity index (χ1) is 11.5. The van der Waals surface area contributed by atoms with Crippen molar-refractivity contribution in [2.45, 2.75) is 4.90 Å². The van der Waals surface area contributed by atoms with Gasteiger partial charge in [-0.25, -0.2) is 12.8 Å². The van der Waals surface area contributed by atoms with Crippen molar-refractivity contribution >= 4 is 15.7 Å². The third kappa shape index (κ3) is 4.76. The topological polar surface area (TPSA) is 98.9 Å². The summed E-state index contributed by atoms with van der Waals surface area (Å²) in [6.45, 7) is 0.488. The normalized spacial score (nSPS) is 16.3. The summed E-state index contributed by atoms with van der Waals surface area (Å²) in [6.07, 6.45) is 0.387. The van der Waals surface area contributed by atoms with E-state index in [0.29, 0.717) is 18.7 Å². The Hall–Kier alpha value is -1.97. The van der Waals surface area contributed by atoms with Crippen molar-refractivity contribution in [3.8, 4) is 5.75 Å². The van der Waals surface area contributed by atoms with Crippen molar-refractivity contribution in [3.05, 3.63) is 36.2 Å². The molecule has 1 aliphatic rings. The van der Waals surface area contributed by atoms with Gasteiger partial charge in [-0.2, -0.15) is 0 Å². The second-order valence-electron chi connectivity index (χ2n) is 5.19. The molecule has 0 saturated carbocycles. The average Bonchev–Trinajstić information content (AvgIpc) is 2.58. The van der Waals surface area contributed by atoms with Crippen LogP contribution in [0, 0.1) is 0 Å². The lowest BCUT2D eigenvalue weighted by Crippen LogP contribution is -2.44. The molecule has 0 aliphatic carbocycles. The van der Waals surface area contributed by atoms with Gasteiger partial charge in [-0.1, -0.05) is 0 Å². The number of sulfone groups is 1. The first kappa shape index (κ1) is 18.4. The van der Waals surface area contributed by atoms with Crippen LogP contribution < -0.4 is 10.5 Å². The Kier molecular flexibility index (Phi) is 6.29. The van der Waals surface area contributed by atoms with Crippen LogP contribution in [0.15, 0.2) is 41.1 Å². The maximum atomic E-state index is 12.4.